The zero-order chi connectivity index (χ0) is 40.1. The number of aryl methyl sites for hydroxylation is 1. The van der Waals surface area contributed by atoms with Gasteiger partial charge in [-0.15, -0.1) is 0 Å². The Labute approximate surface area is 327 Å². The highest BCUT2D eigenvalue weighted by Gasteiger charge is 2.34. The molecule has 1 aliphatic carbocycles. The molecule has 1 unspecified atom stereocenters. The van der Waals surface area contributed by atoms with Gasteiger partial charge in [0.2, 0.25) is 11.8 Å². The van der Waals surface area contributed by atoms with Crippen molar-refractivity contribution in [3.05, 3.63) is 64.6 Å². The van der Waals surface area contributed by atoms with E-state index in [0.717, 1.165) is 69.4 Å². The SMILES string of the molecule is CN(C)c1ccnc2c(C(=O)Nc3cn([C@H]4CC[C@H](CN(C)C5CCN(c6cccc7c6n(C)c(=O)n7C6CCC(=O)NC6=O)CC5)CC4)nc3C(F)F)cnn12. The monoisotopic (exact) mass is 786 g/mol. The Balaban J connectivity index is 0.869. The van der Waals surface area contributed by atoms with Gasteiger partial charge in [0.25, 0.3) is 12.3 Å². The van der Waals surface area contributed by atoms with Crippen molar-refractivity contribution >= 4 is 51.6 Å². The van der Waals surface area contributed by atoms with Crippen molar-refractivity contribution in [2.24, 2.45) is 13.0 Å². The first-order chi connectivity index (χ1) is 27.4. The number of imidazole rings is 1. The lowest BCUT2D eigenvalue weighted by Crippen LogP contribution is -2.45. The van der Waals surface area contributed by atoms with E-state index in [2.05, 4.69) is 42.7 Å². The Morgan fingerprint density at radius 1 is 1.02 bits per heavy atom. The number of alkyl halides is 2. The van der Waals surface area contributed by atoms with E-state index in [0.29, 0.717) is 35.4 Å². The second kappa shape index (κ2) is 15.4. The number of benzene rings is 1. The molecule has 3 fully saturated rings. The zero-order valence-electron chi connectivity index (χ0n) is 32.6. The Bertz CT molecular complexity index is 2380. The van der Waals surface area contributed by atoms with E-state index in [-0.39, 0.29) is 35.3 Å². The topological polar surface area (TPSA) is 160 Å². The summed E-state index contributed by atoms with van der Waals surface area (Å²) in [6.07, 6.45) is 7.45. The summed E-state index contributed by atoms with van der Waals surface area (Å²) >= 11 is 0. The van der Waals surface area contributed by atoms with E-state index in [9.17, 15) is 28.0 Å². The van der Waals surface area contributed by atoms with Crippen molar-refractivity contribution in [3.8, 4) is 0 Å². The molecule has 1 aromatic carbocycles. The van der Waals surface area contributed by atoms with Crippen molar-refractivity contribution in [3.63, 3.8) is 0 Å². The fourth-order valence-corrected chi connectivity index (χ4v) is 9.02. The highest BCUT2D eigenvalue weighted by Crippen LogP contribution is 2.37. The fourth-order valence-electron chi connectivity index (χ4n) is 9.02. The number of para-hydroxylation sites is 1. The number of carbonyl (C=O) groups is 3. The van der Waals surface area contributed by atoms with Crippen LogP contribution in [0.25, 0.3) is 16.7 Å². The van der Waals surface area contributed by atoms with Crippen LogP contribution in [-0.4, -0.2) is 103 Å². The highest BCUT2D eigenvalue weighted by molar-refractivity contribution is 6.08. The maximum absolute atomic E-state index is 14.2. The number of rotatable bonds is 10. The minimum absolute atomic E-state index is 0.0170. The fraction of sp³-hybridized carbons (Fsp3) is 0.513. The van der Waals surface area contributed by atoms with Crippen molar-refractivity contribution in [2.45, 2.75) is 75.9 Å². The maximum atomic E-state index is 14.2. The summed E-state index contributed by atoms with van der Waals surface area (Å²) in [5, 5.41) is 13.6. The lowest BCUT2D eigenvalue weighted by Gasteiger charge is -2.40. The largest absolute Gasteiger partial charge is 0.370 e. The van der Waals surface area contributed by atoms with Gasteiger partial charge < -0.3 is 20.0 Å². The Morgan fingerprint density at radius 2 is 1.77 bits per heavy atom. The molecule has 2 aliphatic heterocycles. The normalized spacial score (nSPS) is 20.9. The van der Waals surface area contributed by atoms with Crippen molar-refractivity contribution < 1.29 is 23.2 Å². The van der Waals surface area contributed by atoms with Gasteiger partial charge in [0.05, 0.1) is 34.6 Å². The molecule has 3 aliphatic rings. The number of carbonyl (C=O) groups excluding carboxylic acids is 3. The molecule has 8 rings (SSSR count). The highest BCUT2D eigenvalue weighted by atomic mass is 19.3. The summed E-state index contributed by atoms with van der Waals surface area (Å²) in [4.78, 5) is 62.1. The number of fused-ring (bicyclic) bond motifs is 2. The summed E-state index contributed by atoms with van der Waals surface area (Å²) in [5.74, 6) is -0.173. The van der Waals surface area contributed by atoms with Crippen LogP contribution in [0.4, 0.5) is 26.0 Å². The number of hydrogen-bond acceptors (Lipinski definition) is 10. The zero-order valence-corrected chi connectivity index (χ0v) is 32.6. The molecule has 0 spiro atoms. The van der Waals surface area contributed by atoms with E-state index in [4.69, 9.17) is 0 Å². The van der Waals surface area contributed by atoms with Crippen LogP contribution >= 0.6 is 0 Å². The number of anilines is 3. The summed E-state index contributed by atoms with van der Waals surface area (Å²) in [6.45, 7) is 2.56. The molecule has 3 amide bonds. The lowest BCUT2D eigenvalue weighted by atomic mass is 9.85. The van der Waals surface area contributed by atoms with Crippen LogP contribution in [0.2, 0.25) is 0 Å². The predicted molar refractivity (Wildman–Crippen MR) is 210 cm³/mol. The third-order valence-electron chi connectivity index (χ3n) is 12.1. The molecule has 57 heavy (non-hydrogen) atoms. The number of hydrogen-bond donors (Lipinski definition) is 2. The van der Waals surface area contributed by atoms with Crippen LogP contribution in [0.3, 0.4) is 0 Å². The smallest absolute Gasteiger partial charge is 0.329 e. The maximum Gasteiger partial charge on any atom is 0.329 e. The second-order valence-electron chi connectivity index (χ2n) is 15.8. The molecule has 0 radical (unpaired) electrons. The Hall–Kier alpha value is -5.65. The molecule has 18 heteroatoms. The summed E-state index contributed by atoms with van der Waals surface area (Å²) < 4.78 is 34.6. The van der Waals surface area contributed by atoms with Gasteiger partial charge in [-0.1, -0.05) is 6.07 Å². The van der Waals surface area contributed by atoms with Gasteiger partial charge in [0.1, 0.15) is 17.4 Å². The number of aromatic nitrogens is 7. The quantitative estimate of drug-likeness (QED) is 0.197. The van der Waals surface area contributed by atoms with Gasteiger partial charge in [0.15, 0.2) is 11.3 Å². The van der Waals surface area contributed by atoms with Crippen LogP contribution in [0.5, 0.6) is 0 Å². The first-order valence-electron chi connectivity index (χ1n) is 19.6. The van der Waals surface area contributed by atoms with Crippen LogP contribution < -0.4 is 26.1 Å². The number of nitrogens with one attached hydrogen (secondary N) is 2. The third kappa shape index (κ3) is 7.14. The van der Waals surface area contributed by atoms with Gasteiger partial charge in [0, 0.05) is 65.6 Å². The van der Waals surface area contributed by atoms with Gasteiger partial charge >= 0.3 is 5.69 Å². The van der Waals surface area contributed by atoms with Crippen molar-refractivity contribution in [1.29, 1.82) is 0 Å². The molecular formula is C39H48F2N12O4. The minimum Gasteiger partial charge on any atom is -0.370 e. The molecule has 4 aromatic heterocycles. The van der Waals surface area contributed by atoms with Crippen LogP contribution in [0.15, 0.2) is 47.7 Å². The van der Waals surface area contributed by atoms with E-state index < -0.39 is 30.0 Å². The number of halogens is 2. The van der Waals surface area contributed by atoms with E-state index in [1.807, 2.05) is 37.2 Å². The van der Waals surface area contributed by atoms with Gasteiger partial charge in [-0.25, -0.2) is 18.6 Å². The molecule has 6 heterocycles. The van der Waals surface area contributed by atoms with Crippen molar-refractivity contribution in [2.75, 3.05) is 55.9 Å². The molecule has 0 bridgehead atoms. The van der Waals surface area contributed by atoms with Crippen molar-refractivity contribution in [1.82, 2.24) is 43.7 Å². The first kappa shape index (κ1) is 38.2. The molecular weight excluding hydrogens is 739 g/mol. The van der Waals surface area contributed by atoms with Crippen LogP contribution in [0.1, 0.15) is 85.9 Å². The summed E-state index contributed by atoms with van der Waals surface area (Å²) in [6, 6.07) is 7.18. The van der Waals surface area contributed by atoms with Gasteiger partial charge in [-0.05, 0) is 76.1 Å². The van der Waals surface area contributed by atoms with Gasteiger partial charge in [-0.2, -0.15) is 14.7 Å². The second-order valence-corrected chi connectivity index (χ2v) is 15.8. The molecule has 2 saturated heterocycles. The average Bonchev–Trinajstić information content (AvgIpc) is 3.90. The standard InChI is InChI=1S/C39H48F2N12O4/c1-47(2)32-14-17-42-36-26(20-43-53(32)36)37(55)44-27-22-51(46-33(27)35(40)41)25-10-8-23(9-11-25)21-48(3)24-15-18-50(19-16-24)28-6-5-7-29-34(28)49(4)39(57)52(29)30-12-13-31(54)45-38(30)56/h5-7,14,17,20,22-25,30,35H,8-13,15-16,18-19,21H2,1-4H3,(H,44,55)(H,45,54,56)/t23-,25-,30?. The lowest BCUT2D eigenvalue weighted by molar-refractivity contribution is -0.135. The van der Waals surface area contributed by atoms with Crippen LogP contribution in [-0.2, 0) is 16.6 Å². The Morgan fingerprint density at radius 3 is 2.47 bits per heavy atom. The number of piperidine rings is 2. The average molecular weight is 787 g/mol. The molecule has 5 aromatic rings. The molecule has 1 saturated carbocycles. The molecule has 16 nitrogen and oxygen atoms in total. The number of imide groups is 1. The Kier molecular flexibility index (Phi) is 10.3. The summed E-state index contributed by atoms with van der Waals surface area (Å²) in [5.41, 5.74) is 2.17. The van der Waals surface area contributed by atoms with Crippen LogP contribution in [0, 0.1) is 5.92 Å². The number of amides is 3. The van der Waals surface area contributed by atoms with E-state index in [1.54, 1.807) is 28.6 Å². The van der Waals surface area contributed by atoms with E-state index >= 15 is 0 Å². The first-order valence-corrected chi connectivity index (χ1v) is 19.6. The molecule has 302 valence electrons. The number of nitrogens with zero attached hydrogens (tertiary/aromatic N) is 10. The third-order valence-corrected chi connectivity index (χ3v) is 12.1. The minimum atomic E-state index is -2.86. The van der Waals surface area contributed by atoms with E-state index in [1.165, 1.54) is 21.5 Å². The predicted octanol–water partition coefficient (Wildman–Crippen LogP) is 4.14. The van der Waals surface area contributed by atoms with Gasteiger partial charge in [-0.3, -0.25) is 33.5 Å². The molecule has 1 atom stereocenters. The summed E-state index contributed by atoms with van der Waals surface area (Å²) in [7, 11) is 7.60. The molecule has 2 N–H and O–H groups in total.